The molecule has 1 heterocycles. The molecule has 3 aromatic carbocycles. The molecule has 0 aliphatic carbocycles. The summed E-state index contributed by atoms with van der Waals surface area (Å²) in [6.07, 6.45) is 3.38. The van der Waals surface area contributed by atoms with E-state index in [9.17, 15) is 9.18 Å². The van der Waals surface area contributed by atoms with Crippen LogP contribution in [0, 0.1) is 5.82 Å². The highest BCUT2D eigenvalue weighted by Gasteiger charge is 2.40. The summed E-state index contributed by atoms with van der Waals surface area (Å²) in [5, 5.41) is 3.27. The Morgan fingerprint density at radius 2 is 1.65 bits per heavy atom. The lowest BCUT2D eigenvalue weighted by Gasteiger charge is -2.44. The van der Waals surface area contributed by atoms with E-state index in [1.807, 2.05) is 53.4 Å². The summed E-state index contributed by atoms with van der Waals surface area (Å²) in [6.45, 7) is 6.62. The van der Waals surface area contributed by atoms with Gasteiger partial charge in [0.2, 0.25) is 0 Å². The molecule has 3 aromatic rings. The lowest BCUT2D eigenvalue weighted by Crippen LogP contribution is -2.58. The van der Waals surface area contributed by atoms with Gasteiger partial charge < -0.3 is 10.2 Å². The van der Waals surface area contributed by atoms with E-state index in [1.165, 1.54) is 12.1 Å². The van der Waals surface area contributed by atoms with Crippen molar-refractivity contribution in [2.45, 2.75) is 31.3 Å². The topological polar surface area (TPSA) is 32.3 Å². The molecule has 1 aliphatic rings. The molecule has 0 bridgehead atoms. The molecule has 3 nitrogen and oxygen atoms in total. The molecular formula is C27H27FN2O. The van der Waals surface area contributed by atoms with Gasteiger partial charge in [0.25, 0.3) is 0 Å². The second kappa shape index (κ2) is 8.76. The van der Waals surface area contributed by atoms with Crippen molar-refractivity contribution in [3.63, 3.8) is 0 Å². The van der Waals surface area contributed by atoms with Crippen LogP contribution in [-0.2, 0) is 5.54 Å². The van der Waals surface area contributed by atoms with E-state index in [0.717, 1.165) is 28.7 Å². The summed E-state index contributed by atoms with van der Waals surface area (Å²) in [4.78, 5) is 15.0. The quantitative estimate of drug-likeness (QED) is 0.463. The SMILES string of the molecule is C=CC[C@@]1(c2ccccc2)CCN([C@@H](C)c2ccc(-c3ccc(F)cc3)cc2)C(=O)N1. The van der Waals surface area contributed by atoms with Gasteiger partial charge in [-0.15, -0.1) is 6.58 Å². The molecule has 1 fully saturated rings. The van der Waals surface area contributed by atoms with Crippen molar-refractivity contribution in [3.05, 3.63) is 108 Å². The average molecular weight is 415 g/mol. The number of hydrogen-bond acceptors (Lipinski definition) is 1. The van der Waals surface area contributed by atoms with Crippen molar-refractivity contribution in [2.75, 3.05) is 6.54 Å². The highest BCUT2D eigenvalue weighted by atomic mass is 19.1. The second-order valence-electron chi connectivity index (χ2n) is 8.12. The summed E-state index contributed by atoms with van der Waals surface area (Å²) >= 11 is 0. The van der Waals surface area contributed by atoms with Crippen LogP contribution in [0.3, 0.4) is 0 Å². The molecule has 31 heavy (non-hydrogen) atoms. The number of rotatable bonds is 6. The standard InChI is InChI=1S/C27H27FN2O/c1-3-17-27(24-7-5-4-6-8-24)18-19-30(26(31)29-27)20(2)21-9-11-22(12-10-21)23-13-15-25(28)16-14-23/h3-16,20H,1,17-19H2,2H3,(H,29,31)/t20-,27-/m0/s1. The van der Waals surface area contributed by atoms with Gasteiger partial charge in [-0.05, 0) is 54.2 Å². The Morgan fingerprint density at radius 1 is 1.03 bits per heavy atom. The van der Waals surface area contributed by atoms with Crippen molar-refractivity contribution < 1.29 is 9.18 Å². The summed E-state index contributed by atoms with van der Waals surface area (Å²) in [5.41, 5.74) is 3.75. The van der Waals surface area contributed by atoms with Crippen LogP contribution in [0.2, 0.25) is 0 Å². The summed E-state index contributed by atoms with van der Waals surface area (Å²) in [5.74, 6) is -0.242. The number of hydrogen-bond donors (Lipinski definition) is 1. The third-order valence-electron chi connectivity index (χ3n) is 6.24. The number of carbonyl (C=O) groups is 1. The smallest absolute Gasteiger partial charge is 0.318 e. The maximum absolute atomic E-state index is 13.2. The van der Waals surface area contributed by atoms with Crippen molar-refractivity contribution in [2.24, 2.45) is 0 Å². The predicted octanol–water partition coefficient (Wildman–Crippen LogP) is 6.44. The fourth-order valence-corrected chi connectivity index (χ4v) is 4.39. The lowest BCUT2D eigenvalue weighted by molar-refractivity contribution is 0.126. The van der Waals surface area contributed by atoms with Gasteiger partial charge >= 0.3 is 6.03 Å². The minimum absolute atomic E-state index is 0.0558. The molecule has 1 aliphatic heterocycles. The van der Waals surface area contributed by atoms with E-state index in [1.54, 1.807) is 12.1 Å². The third kappa shape index (κ3) is 4.24. The molecule has 0 spiro atoms. The van der Waals surface area contributed by atoms with Crippen molar-refractivity contribution in [3.8, 4) is 11.1 Å². The van der Waals surface area contributed by atoms with Crippen LogP contribution in [0.5, 0.6) is 0 Å². The van der Waals surface area contributed by atoms with Gasteiger partial charge in [-0.1, -0.05) is 72.8 Å². The van der Waals surface area contributed by atoms with Gasteiger partial charge in [0, 0.05) is 6.54 Å². The van der Waals surface area contributed by atoms with Crippen LogP contribution in [-0.4, -0.2) is 17.5 Å². The molecule has 158 valence electrons. The van der Waals surface area contributed by atoms with Crippen LogP contribution in [0.25, 0.3) is 11.1 Å². The first kappa shape index (κ1) is 20.9. The number of amides is 2. The first-order valence-electron chi connectivity index (χ1n) is 10.6. The summed E-state index contributed by atoms with van der Waals surface area (Å²) in [7, 11) is 0. The molecule has 2 atom stereocenters. The Kier molecular flexibility index (Phi) is 5.90. The molecule has 0 saturated carbocycles. The van der Waals surface area contributed by atoms with E-state index in [2.05, 4.69) is 31.0 Å². The highest BCUT2D eigenvalue weighted by molar-refractivity contribution is 5.77. The monoisotopic (exact) mass is 414 g/mol. The van der Waals surface area contributed by atoms with Crippen LogP contribution < -0.4 is 5.32 Å². The molecule has 1 N–H and O–H groups in total. The fourth-order valence-electron chi connectivity index (χ4n) is 4.39. The van der Waals surface area contributed by atoms with Crippen molar-refractivity contribution in [1.29, 1.82) is 0 Å². The van der Waals surface area contributed by atoms with Gasteiger partial charge in [-0.3, -0.25) is 0 Å². The zero-order valence-electron chi connectivity index (χ0n) is 17.7. The summed E-state index contributed by atoms with van der Waals surface area (Å²) in [6, 6.07) is 24.6. The molecule has 1 saturated heterocycles. The Hall–Kier alpha value is -3.40. The maximum Gasteiger partial charge on any atom is 0.318 e. The van der Waals surface area contributed by atoms with Gasteiger partial charge in [0.15, 0.2) is 0 Å². The van der Waals surface area contributed by atoms with Gasteiger partial charge in [-0.25, -0.2) is 9.18 Å². The Morgan fingerprint density at radius 3 is 2.23 bits per heavy atom. The highest BCUT2D eigenvalue weighted by Crippen LogP contribution is 2.35. The van der Waals surface area contributed by atoms with Gasteiger partial charge in [0.05, 0.1) is 11.6 Å². The van der Waals surface area contributed by atoms with E-state index < -0.39 is 5.54 Å². The number of nitrogens with one attached hydrogen (secondary N) is 1. The van der Waals surface area contributed by atoms with Gasteiger partial charge in [0.1, 0.15) is 5.82 Å². The fraction of sp³-hybridized carbons (Fsp3) is 0.222. The number of benzene rings is 3. The van der Waals surface area contributed by atoms with Crippen molar-refractivity contribution in [1.82, 2.24) is 10.2 Å². The first-order valence-corrected chi connectivity index (χ1v) is 10.6. The van der Waals surface area contributed by atoms with E-state index >= 15 is 0 Å². The van der Waals surface area contributed by atoms with Crippen LogP contribution in [0.15, 0.2) is 91.5 Å². The Labute approximate surface area is 183 Å². The summed E-state index contributed by atoms with van der Waals surface area (Å²) < 4.78 is 13.2. The lowest BCUT2D eigenvalue weighted by atomic mass is 9.82. The number of halogens is 1. The third-order valence-corrected chi connectivity index (χ3v) is 6.24. The van der Waals surface area contributed by atoms with E-state index in [-0.39, 0.29) is 17.9 Å². The molecule has 0 unspecified atom stereocenters. The van der Waals surface area contributed by atoms with Crippen molar-refractivity contribution >= 4 is 6.03 Å². The molecule has 0 radical (unpaired) electrons. The van der Waals surface area contributed by atoms with Crippen LogP contribution in [0.1, 0.15) is 36.9 Å². The predicted molar refractivity (Wildman–Crippen MR) is 123 cm³/mol. The second-order valence-corrected chi connectivity index (χ2v) is 8.12. The maximum atomic E-state index is 13.2. The number of carbonyl (C=O) groups excluding carboxylic acids is 1. The Balaban J connectivity index is 1.51. The molecule has 4 rings (SSSR count). The van der Waals surface area contributed by atoms with Gasteiger partial charge in [-0.2, -0.15) is 0 Å². The van der Waals surface area contributed by atoms with Crippen LogP contribution >= 0.6 is 0 Å². The number of nitrogens with zero attached hydrogens (tertiary/aromatic N) is 1. The minimum atomic E-state index is -0.414. The molecule has 0 aromatic heterocycles. The zero-order chi connectivity index (χ0) is 21.8. The van der Waals surface area contributed by atoms with E-state index in [4.69, 9.17) is 0 Å². The Bertz CT molecular complexity index is 1050. The first-order chi connectivity index (χ1) is 15.0. The average Bonchev–Trinajstić information content (AvgIpc) is 2.80. The zero-order valence-corrected chi connectivity index (χ0v) is 17.7. The number of urea groups is 1. The molecule has 4 heteroatoms. The normalized spacial score (nSPS) is 19.5. The largest absolute Gasteiger partial charge is 0.328 e. The van der Waals surface area contributed by atoms with Crippen LogP contribution in [0.4, 0.5) is 9.18 Å². The van der Waals surface area contributed by atoms with E-state index in [0.29, 0.717) is 13.0 Å². The molecular weight excluding hydrogens is 387 g/mol. The molecule has 2 amide bonds. The minimum Gasteiger partial charge on any atom is -0.328 e.